The summed E-state index contributed by atoms with van der Waals surface area (Å²) in [5.74, 6) is -1.11. The van der Waals surface area contributed by atoms with Crippen molar-refractivity contribution in [2.75, 3.05) is 11.1 Å². The summed E-state index contributed by atoms with van der Waals surface area (Å²) in [7, 11) is 0. The molecule has 2 amide bonds. The minimum atomic E-state index is -0.697. The number of esters is 1. The number of rotatable bonds is 11. The van der Waals surface area contributed by atoms with Crippen molar-refractivity contribution in [3.8, 4) is 5.75 Å². The number of hydrogen-bond acceptors (Lipinski definition) is 9. The second-order valence-electron chi connectivity index (χ2n) is 7.80. The van der Waals surface area contributed by atoms with Crippen LogP contribution in [0.5, 0.6) is 5.75 Å². The predicted molar refractivity (Wildman–Crippen MR) is 134 cm³/mol. The number of primary amides is 1. The summed E-state index contributed by atoms with van der Waals surface area (Å²) in [5, 5.41) is 11.7. The van der Waals surface area contributed by atoms with Crippen LogP contribution in [0.3, 0.4) is 0 Å². The van der Waals surface area contributed by atoms with Crippen molar-refractivity contribution in [2.24, 2.45) is 5.73 Å². The first-order valence-corrected chi connectivity index (χ1v) is 12.8. The van der Waals surface area contributed by atoms with Crippen LogP contribution in [0.15, 0.2) is 29.4 Å². The van der Waals surface area contributed by atoms with Gasteiger partial charge in [-0.3, -0.25) is 9.59 Å². The fourth-order valence-corrected chi connectivity index (χ4v) is 5.06. The zero-order valence-corrected chi connectivity index (χ0v) is 21.8. The van der Waals surface area contributed by atoms with Gasteiger partial charge in [-0.05, 0) is 57.5 Å². The van der Waals surface area contributed by atoms with Gasteiger partial charge in [0.15, 0.2) is 11.0 Å². The van der Waals surface area contributed by atoms with Crippen LogP contribution in [0.1, 0.15) is 52.2 Å². The maximum absolute atomic E-state index is 13.1. The number of halogens is 1. The molecule has 0 bridgehead atoms. The molecule has 2 heterocycles. The van der Waals surface area contributed by atoms with E-state index in [9.17, 15) is 18.8 Å². The van der Waals surface area contributed by atoms with Gasteiger partial charge >= 0.3 is 5.97 Å². The molecule has 2 aromatic heterocycles. The van der Waals surface area contributed by atoms with Crippen molar-refractivity contribution in [2.45, 2.75) is 52.1 Å². The van der Waals surface area contributed by atoms with Gasteiger partial charge in [0, 0.05) is 6.54 Å². The normalized spacial score (nSPS) is 10.9. The monoisotopic (exact) mass is 535 g/mol. The maximum Gasteiger partial charge on any atom is 0.341 e. The first-order valence-electron chi connectivity index (χ1n) is 11.0. The Kier molecular flexibility index (Phi) is 9.04. The summed E-state index contributed by atoms with van der Waals surface area (Å²) >= 11 is 2.08. The van der Waals surface area contributed by atoms with Crippen LogP contribution in [0, 0.1) is 12.7 Å². The summed E-state index contributed by atoms with van der Waals surface area (Å²) < 4.78 is 25.8. The largest absolute Gasteiger partial charge is 0.486 e. The number of nitrogens with zero attached hydrogens (tertiary/aromatic N) is 3. The number of amides is 2. The Bertz CT molecular complexity index is 1260. The molecule has 192 valence electrons. The molecule has 0 saturated carbocycles. The van der Waals surface area contributed by atoms with Crippen molar-refractivity contribution in [1.82, 2.24) is 14.8 Å². The van der Waals surface area contributed by atoms with Crippen LogP contribution in [0.25, 0.3) is 0 Å². The Balaban J connectivity index is 1.68. The summed E-state index contributed by atoms with van der Waals surface area (Å²) in [5.41, 5.74) is 5.89. The second kappa shape index (κ2) is 12.0. The molecule has 0 fully saturated rings. The van der Waals surface area contributed by atoms with Gasteiger partial charge in [-0.1, -0.05) is 11.8 Å². The lowest BCUT2D eigenvalue weighted by Crippen LogP contribution is -2.18. The van der Waals surface area contributed by atoms with E-state index in [2.05, 4.69) is 15.5 Å². The molecule has 36 heavy (non-hydrogen) atoms. The third-order valence-corrected chi connectivity index (χ3v) is 6.98. The van der Waals surface area contributed by atoms with E-state index in [1.54, 1.807) is 25.3 Å². The van der Waals surface area contributed by atoms with Crippen molar-refractivity contribution in [3.05, 3.63) is 51.9 Å². The molecule has 0 atom stereocenters. The topological polar surface area (TPSA) is 138 Å². The molecular weight excluding hydrogens is 509 g/mol. The minimum absolute atomic E-state index is 0.0293. The highest BCUT2D eigenvalue weighted by molar-refractivity contribution is 7.99. The quantitative estimate of drug-likeness (QED) is 0.279. The molecule has 0 aliphatic rings. The Morgan fingerprint density at radius 2 is 1.92 bits per heavy atom. The Labute approximate surface area is 215 Å². The smallest absolute Gasteiger partial charge is 0.341 e. The maximum atomic E-state index is 13.1. The highest BCUT2D eigenvalue weighted by Gasteiger charge is 2.26. The zero-order chi connectivity index (χ0) is 26.4. The highest BCUT2D eigenvalue weighted by atomic mass is 32.2. The predicted octanol–water partition coefficient (Wildman–Crippen LogP) is 3.78. The van der Waals surface area contributed by atoms with Gasteiger partial charge in [-0.15, -0.1) is 21.5 Å². The number of anilines is 1. The number of aromatic nitrogens is 3. The van der Waals surface area contributed by atoms with E-state index in [4.69, 9.17) is 15.2 Å². The fraction of sp³-hybridized carbons (Fsp3) is 0.348. The molecule has 3 aromatic rings. The van der Waals surface area contributed by atoms with Gasteiger partial charge in [0.05, 0.1) is 22.3 Å². The van der Waals surface area contributed by atoms with Gasteiger partial charge in [0.2, 0.25) is 5.91 Å². The average Bonchev–Trinajstić information content (AvgIpc) is 3.36. The Morgan fingerprint density at radius 1 is 1.22 bits per heavy atom. The first kappa shape index (κ1) is 27.1. The molecular formula is C23H26FN5O5S2. The van der Waals surface area contributed by atoms with Crippen LogP contribution in [0.2, 0.25) is 0 Å². The summed E-state index contributed by atoms with van der Waals surface area (Å²) in [6.07, 6.45) is -0.380. The SMILES string of the molecule is CCn1c(COc2ccc(F)cc2)nnc1SCC(=O)Nc1sc(C(N)=O)c(C)c1C(=O)OC(C)C. The van der Waals surface area contributed by atoms with E-state index in [-0.39, 0.29) is 39.7 Å². The van der Waals surface area contributed by atoms with E-state index in [1.165, 1.54) is 24.3 Å². The molecule has 0 aliphatic carbocycles. The van der Waals surface area contributed by atoms with Crippen LogP contribution in [-0.2, 0) is 22.7 Å². The number of carbonyl (C=O) groups excluding carboxylic acids is 3. The van der Waals surface area contributed by atoms with Crippen molar-refractivity contribution >= 4 is 45.9 Å². The molecule has 0 radical (unpaired) electrons. The molecule has 0 spiro atoms. The van der Waals surface area contributed by atoms with Crippen molar-refractivity contribution in [1.29, 1.82) is 0 Å². The molecule has 10 nitrogen and oxygen atoms in total. The summed E-state index contributed by atoms with van der Waals surface area (Å²) in [4.78, 5) is 37.2. The number of nitrogens with two attached hydrogens (primary N) is 1. The third-order valence-electron chi connectivity index (χ3n) is 4.79. The minimum Gasteiger partial charge on any atom is -0.486 e. The molecule has 1 aromatic carbocycles. The first-order chi connectivity index (χ1) is 17.1. The molecule has 0 saturated heterocycles. The van der Waals surface area contributed by atoms with Gasteiger partial charge in [-0.2, -0.15) is 0 Å². The van der Waals surface area contributed by atoms with Crippen molar-refractivity contribution < 1.29 is 28.2 Å². The van der Waals surface area contributed by atoms with Gasteiger partial charge in [-0.25, -0.2) is 9.18 Å². The van der Waals surface area contributed by atoms with Crippen LogP contribution in [-0.4, -0.2) is 44.4 Å². The van der Waals surface area contributed by atoms with Crippen LogP contribution in [0.4, 0.5) is 9.39 Å². The molecule has 13 heteroatoms. The van der Waals surface area contributed by atoms with Crippen molar-refractivity contribution in [3.63, 3.8) is 0 Å². The van der Waals surface area contributed by atoms with E-state index in [1.807, 2.05) is 6.92 Å². The Hall–Kier alpha value is -3.45. The standard InChI is InChI=1S/C23H26FN5O5S2/c1-5-29-16(10-33-15-8-6-14(24)7-9-15)27-28-23(29)35-11-17(30)26-21-18(22(32)34-12(2)3)13(4)19(36-21)20(25)31/h6-9,12H,5,10-11H2,1-4H3,(H2,25,31)(H,26,30). The number of hydrogen-bond donors (Lipinski definition) is 2. The van der Waals surface area contributed by atoms with E-state index in [0.717, 1.165) is 23.1 Å². The lowest BCUT2D eigenvalue weighted by molar-refractivity contribution is -0.113. The molecule has 0 unspecified atom stereocenters. The van der Waals surface area contributed by atoms with Gasteiger partial charge in [0.25, 0.3) is 5.91 Å². The average molecular weight is 536 g/mol. The molecule has 3 N–H and O–H groups in total. The molecule has 3 rings (SSSR count). The second-order valence-corrected chi connectivity index (χ2v) is 9.76. The van der Waals surface area contributed by atoms with Crippen LogP contribution < -0.4 is 15.8 Å². The van der Waals surface area contributed by atoms with Gasteiger partial charge in [0.1, 0.15) is 23.2 Å². The number of thioether (sulfide) groups is 1. The van der Waals surface area contributed by atoms with E-state index < -0.39 is 17.8 Å². The van der Waals surface area contributed by atoms with E-state index >= 15 is 0 Å². The number of nitrogens with one attached hydrogen (secondary N) is 1. The summed E-state index contributed by atoms with van der Waals surface area (Å²) in [6, 6.07) is 5.64. The summed E-state index contributed by atoms with van der Waals surface area (Å²) in [6.45, 7) is 7.54. The lowest BCUT2D eigenvalue weighted by Gasteiger charge is -2.11. The fourth-order valence-electron chi connectivity index (χ4n) is 3.18. The Morgan fingerprint density at radius 3 is 2.53 bits per heavy atom. The number of carbonyl (C=O) groups is 3. The van der Waals surface area contributed by atoms with Crippen LogP contribution >= 0.6 is 23.1 Å². The molecule has 0 aliphatic heterocycles. The van der Waals surface area contributed by atoms with E-state index in [0.29, 0.717) is 28.8 Å². The number of thiophene rings is 1. The number of ether oxygens (including phenoxy) is 2. The lowest BCUT2D eigenvalue weighted by atomic mass is 10.1. The third kappa shape index (κ3) is 6.61. The highest BCUT2D eigenvalue weighted by Crippen LogP contribution is 2.34. The zero-order valence-electron chi connectivity index (χ0n) is 20.2. The number of benzene rings is 1. The van der Waals surface area contributed by atoms with Gasteiger partial charge < -0.3 is 25.1 Å².